The lowest BCUT2D eigenvalue weighted by atomic mass is 10.1. The highest BCUT2D eigenvalue weighted by Gasteiger charge is 2.32. The molecule has 2 N–H and O–H groups in total. The van der Waals surface area contributed by atoms with Crippen LogP contribution in [0.2, 0.25) is 0 Å². The maximum atomic E-state index is 12.5. The highest BCUT2D eigenvalue weighted by atomic mass is 35.5. The summed E-state index contributed by atoms with van der Waals surface area (Å²) < 4.78 is 1.80. The van der Waals surface area contributed by atoms with Crippen molar-refractivity contribution >= 4 is 30.7 Å². The van der Waals surface area contributed by atoms with E-state index < -0.39 is 0 Å². The number of aromatic nitrogens is 3. The molecule has 1 fully saturated rings. The van der Waals surface area contributed by atoms with Crippen LogP contribution in [0.25, 0.3) is 5.82 Å². The first kappa shape index (κ1) is 19.4. The fraction of sp³-hybridized carbons (Fsp3) is 0.400. The predicted octanol–water partition coefficient (Wildman–Crippen LogP) is 1.92. The second kappa shape index (κ2) is 8.29. The molecule has 0 aliphatic carbocycles. The molecule has 6 nitrogen and oxygen atoms in total. The van der Waals surface area contributed by atoms with Crippen LogP contribution in [0, 0.1) is 5.92 Å². The van der Waals surface area contributed by atoms with E-state index in [4.69, 9.17) is 5.73 Å². The number of carbonyl (C=O) groups excluding carboxylic acids is 1. The zero-order valence-corrected chi connectivity index (χ0v) is 14.5. The zero-order chi connectivity index (χ0) is 14.8. The Morgan fingerprint density at radius 1 is 1.39 bits per heavy atom. The fourth-order valence-corrected chi connectivity index (χ4v) is 2.82. The van der Waals surface area contributed by atoms with Crippen molar-refractivity contribution in [1.82, 2.24) is 19.4 Å². The Bertz CT molecular complexity index is 617. The van der Waals surface area contributed by atoms with Crippen LogP contribution in [0.5, 0.6) is 0 Å². The lowest BCUT2D eigenvalue weighted by Crippen LogP contribution is -2.34. The number of halogens is 2. The number of hydrogen-bond acceptors (Lipinski definition) is 4. The normalized spacial score (nSPS) is 19.8. The van der Waals surface area contributed by atoms with E-state index in [0.717, 1.165) is 18.8 Å². The van der Waals surface area contributed by atoms with Crippen molar-refractivity contribution in [3.63, 3.8) is 0 Å². The Hall–Kier alpha value is -1.63. The van der Waals surface area contributed by atoms with E-state index in [1.54, 1.807) is 23.3 Å². The maximum Gasteiger partial charge on any atom is 0.255 e. The third-order valence-corrected chi connectivity index (χ3v) is 4.02. The number of hydrogen-bond donors (Lipinski definition) is 1. The Morgan fingerprint density at radius 3 is 2.70 bits per heavy atom. The molecule has 2 unspecified atom stereocenters. The number of amides is 1. The van der Waals surface area contributed by atoms with E-state index >= 15 is 0 Å². The molecule has 23 heavy (non-hydrogen) atoms. The molecular formula is C15H21Cl2N5O. The molecule has 2 aromatic heterocycles. The number of pyridine rings is 1. The van der Waals surface area contributed by atoms with Crippen LogP contribution in [-0.2, 0) is 0 Å². The number of rotatable bonds is 3. The van der Waals surface area contributed by atoms with Gasteiger partial charge in [-0.05, 0) is 37.9 Å². The first-order valence-electron chi connectivity index (χ1n) is 7.14. The predicted molar refractivity (Wildman–Crippen MR) is 93.5 cm³/mol. The number of imidazole rings is 1. The van der Waals surface area contributed by atoms with Crippen molar-refractivity contribution in [3.8, 4) is 5.82 Å². The molecule has 1 amide bonds. The minimum Gasteiger partial charge on any atom is -0.336 e. The van der Waals surface area contributed by atoms with Crippen LogP contribution in [0.3, 0.4) is 0 Å². The Morgan fingerprint density at radius 2 is 2.17 bits per heavy atom. The molecule has 0 bridgehead atoms. The van der Waals surface area contributed by atoms with E-state index in [0.29, 0.717) is 18.0 Å². The smallest absolute Gasteiger partial charge is 0.255 e. The fourth-order valence-electron chi connectivity index (χ4n) is 2.82. The van der Waals surface area contributed by atoms with E-state index in [1.807, 2.05) is 23.2 Å². The molecule has 126 valence electrons. The van der Waals surface area contributed by atoms with Gasteiger partial charge in [0.25, 0.3) is 5.91 Å². The van der Waals surface area contributed by atoms with Gasteiger partial charge in [-0.2, -0.15) is 0 Å². The second-order valence-electron chi connectivity index (χ2n) is 5.52. The van der Waals surface area contributed by atoms with Gasteiger partial charge < -0.3 is 10.6 Å². The molecule has 3 rings (SSSR count). The van der Waals surface area contributed by atoms with Gasteiger partial charge in [0.1, 0.15) is 12.1 Å². The van der Waals surface area contributed by atoms with Crippen LogP contribution in [0.4, 0.5) is 0 Å². The molecule has 1 aliphatic rings. The summed E-state index contributed by atoms with van der Waals surface area (Å²) >= 11 is 0. The molecule has 2 aromatic rings. The van der Waals surface area contributed by atoms with E-state index in [2.05, 4.69) is 16.9 Å². The molecule has 2 atom stereocenters. The molecule has 0 radical (unpaired) electrons. The molecule has 0 aromatic carbocycles. The summed E-state index contributed by atoms with van der Waals surface area (Å²) in [6, 6.07) is 3.88. The summed E-state index contributed by atoms with van der Waals surface area (Å²) in [7, 11) is 0. The summed E-state index contributed by atoms with van der Waals surface area (Å²) in [5.74, 6) is 1.18. The Balaban J connectivity index is 0.00000132. The lowest BCUT2D eigenvalue weighted by molar-refractivity contribution is 0.0743. The van der Waals surface area contributed by atoms with Gasteiger partial charge in [-0.15, -0.1) is 24.8 Å². The van der Waals surface area contributed by atoms with Gasteiger partial charge in [0.15, 0.2) is 0 Å². The van der Waals surface area contributed by atoms with Crippen molar-refractivity contribution in [2.24, 2.45) is 11.7 Å². The van der Waals surface area contributed by atoms with Gasteiger partial charge >= 0.3 is 0 Å². The zero-order valence-electron chi connectivity index (χ0n) is 12.8. The molecule has 1 aliphatic heterocycles. The topological polar surface area (TPSA) is 77.0 Å². The minimum absolute atomic E-state index is 0. The monoisotopic (exact) mass is 357 g/mol. The lowest BCUT2D eigenvalue weighted by Gasteiger charge is -2.21. The van der Waals surface area contributed by atoms with Gasteiger partial charge in [0, 0.05) is 31.2 Å². The number of carbonyl (C=O) groups is 1. The van der Waals surface area contributed by atoms with Crippen LogP contribution < -0.4 is 5.73 Å². The maximum absolute atomic E-state index is 12.5. The highest BCUT2D eigenvalue weighted by Crippen LogP contribution is 2.24. The SMILES string of the molecule is CC1CC(CN)CN1C(=O)c1ccc(-n2ccnc2)nc1.Cl.Cl. The highest BCUT2D eigenvalue weighted by molar-refractivity contribution is 5.94. The Labute approximate surface area is 147 Å². The van der Waals surface area contributed by atoms with Crippen molar-refractivity contribution in [1.29, 1.82) is 0 Å². The summed E-state index contributed by atoms with van der Waals surface area (Å²) in [5, 5.41) is 0. The summed E-state index contributed by atoms with van der Waals surface area (Å²) in [6.45, 7) is 3.44. The van der Waals surface area contributed by atoms with Crippen molar-refractivity contribution in [3.05, 3.63) is 42.6 Å². The molecular weight excluding hydrogens is 337 g/mol. The average Bonchev–Trinajstić information content (AvgIpc) is 3.16. The minimum atomic E-state index is 0. The summed E-state index contributed by atoms with van der Waals surface area (Å²) in [5.41, 5.74) is 6.33. The number of nitrogens with two attached hydrogens (primary N) is 1. The number of likely N-dealkylation sites (tertiary alicyclic amines) is 1. The largest absolute Gasteiger partial charge is 0.336 e. The third kappa shape index (κ3) is 4.02. The summed E-state index contributed by atoms with van der Waals surface area (Å²) in [4.78, 5) is 22.7. The van der Waals surface area contributed by atoms with Gasteiger partial charge in [-0.1, -0.05) is 0 Å². The first-order chi connectivity index (χ1) is 10.2. The quantitative estimate of drug-likeness (QED) is 0.910. The van der Waals surface area contributed by atoms with Crippen LogP contribution >= 0.6 is 24.8 Å². The number of nitrogens with zero attached hydrogens (tertiary/aromatic N) is 4. The molecule has 8 heteroatoms. The van der Waals surface area contributed by atoms with Gasteiger partial charge in [-0.3, -0.25) is 9.36 Å². The Kier molecular flexibility index (Phi) is 7.00. The van der Waals surface area contributed by atoms with Crippen LogP contribution in [-0.4, -0.2) is 44.5 Å². The van der Waals surface area contributed by atoms with Crippen molar-refractivity contribution < 1.29 is 4.79 Å². The van der Waals surface area contributed by atoms with E-state index in [9.17, 15) is 4.79 Å². The molecule has 0 saturated carbocycles. The van der Waals surface area contributed by atoms with E-state index in [-0.39, 0.29) is 36.8 Å². The molecule has 3 heterocycles. The van der Waals surface area contributed by atoms with Gasteiger partial charge in [0.2, 0.25) is 0 Å². The second-order valence-corrected chi connectivity index (χ2v) is 5.52. The van der Waals surface area contributed by atoms with Crippen molar-refractivity contribution in [2.75, 3.05) is 13.1 Å². The average molecular weight is 358 g/mol. The van der Waals surface area contributed by atoms with Crippen LogP contribution in [0.1, 0.15) is 23.7 Å². The molecule has 0 spiro atoms. The third-order valence-electron chi connectivity index (χ3n) is 4.02. The van der Waals surface area contributed by atoms with E-state index in [1.165, 1.54) is 0 Å². The van der Waals surface area contributed by atoms with Gasteiger partial charge in [0.05, 0.1) is 5.56 Å². The first-order valence-corrected chi connectivity index (χ1v) is 7.14. The standard InChI is InChI=1S/C15H19N5O.2ClH/c1-11-6-12(7-16)9-20(11)15(21)13-2-3-14(18-8-13)19-5-4-17-10-19;;/h2-5,8,10-12H,6-7,9,16H2,1H3;2*1H. The summed E-state index contributed by atoms with van der Waals surface area (Å²) in [6.07, 6.45) is 7.79. The molecule has 1 saturated heterocycles. The van der Waals surface area contributed by atoms with Crippen LogP contribution in [0.15, 0.2) is 37.1 Å². The van der Waals surface area contributed by atoms with Crippen molar-refractivity contribution in [2.45, 2.75) is 19.4 Å². The van der Waals surface area contributed by atoms with Gasteiger partial charge in [-0.25, -0.2) is 9.97 Å².